The summed E-state index contributed by atoms with van der Waals surface area (Å²) in [5, 5.41) is 0. The summed E-state index contributed by atoms with van der Waals surface area (Å²) in [6.07, 6.45) is 3.73. The van der Waals surface area contributed by atoms with Gasteiger partial charge in [0.2, 0.25) is 0 Å². The zero-order chi connectivity index (χ0) is 28.6. The lowest BCUT2D eigenvalue weighted by Gasteiger charge is -2.37. The van der Waals surface area contributed by atoms with Crippen LogP contribution >= 0.6 is 0 Å². The number of halogens is 1. The van der Waals surface area contributed by atoms with Crippen LogP contribution in [-0.2, 0) is 35.7 Å². The van der Waals surface area contributed by atoms with Crippen LogP contribution in [0.2, 0.25) is 0 Å². The maximum atomic E-state index is 14.0. The highest BCUT2D eigenvalue weighted by molar-refractivity contribution is 7.89. The minimum Gasteiger partial charge on any atom is -0.463 e. The fourth-order valence-electron chi connectivity index (χ4n) is 4.54. The molecule has 0 aromatic heterocycles. The molecule has 1 fully saturated rings. The van der Waals surface area contributed by atoms with Crippen LogP contribution in [0.1, 0.15) is 38.2 Å². The Morgan fingerprint density at radius 2 is 1.50 bits per heavy atom. The predicted octanol–water partition coefficient (Wildman–Crippen LogP) is 5.74. The number of hydrogen-bond donors (Lipinski definition) is 0. The lowest BCUT2D eigenvalue weighted by atomic mass is 9.98. The highest BCUT2D eigenvalue weighted by atomic mass is 32.2. The van der Waals surface area contributed by atoms with Crippen molar-refractivity contribution in [3.05, 3.63) is 103 Å². The normalized spacial score (nSPS) is 14.6. The number of benzene rings is 3. The quantitative estimate of drug-likeness (QED) is 0.215. The SMILES string of the molecule is CCOC(=O)C=CN(C1(C(=O)OCc2ccccc2)CCCC1)S(=O)(=O)c1ccc(Oc2ccc(F)cc2)cc1. The standard InChI is InChI=1S/C30H30FNO7S/c1-2-37-28(33)18-21-32(30(19-6-7-20-30)29(34)38-22-23-8-4-3-5-9-23)40(35,36)27-16-14-26(15-17-27)39-25-12-10-24(31)11-13-25/h3-5,8-18,21H,2,6-7,19-20,22H2,1H3. The van der Waals surface area contributed by atoms with Crippen LogP contribution in [0.15, 0.2) is 96.0 Å². The minimum atomic E-state index is -4.34. The molecular weight excluding hydrogens is 537 g/mol. The molecule has 0 atom stereocenters. The Hall–Kier alpha value is -4.18. The summed E-state index contributed by atoms with van der Waals surface area (Å²) in [4.78, 5) is 25.6. The molecule has 0 spiro atoms. The van der Waals surface area contributed by atoms with E-state index >= 15 is 0 Å². The van der Waals surface area contributed by atoms with E-state index in [4.69, 9.17) is 14.2 Å². The van der Waals surface area contributed by atoms with Crippen molar-refractivity contribution in [2.24, 2.45) is 0 Å². The summed E-state index contributed by atoms with van der Waals surface area (Å²) in [7, 11) is -4.34. The lowest BCUT2D eigenvalue weighted by Crippen LogP contribution is -2.53. The van der Waals surface area contributed by atoms with Crippen molar-refractivity contribution < 1.29 is 36.6 Å². The molecule has 8 nitrogen and oxygen atoms in total. The lowest BCUT2D eigenvalue weighted by molar-refractivity contribution is -0.155. The van der Waals surface area contributed by atoms with Crippen LogP contribution in [0.5, 0.6) is 11.5 Å². The van der Waals surface area contributed by atoms with Crippen molar-refractivity contribution in [2.75, 3.05) is 6.61 Å². The van der Waals surface area contributed by atoms with Gasteiger partial charge in [0.15, 0.2) is 5.54 Å². The largest absolute Gasteiger partial charge is 0.463 e. The molecule has 1 aliphatic rings. The third kappa shape index (κ3) is 6.69. The van der Waals surface area contributed by atoms with Gasteiger partial charge in [0.25, 0.3) is 10.0 Å². The molecular formula is C30H30FNO7S. The summed E-state index contributed by atoms with van der Waals surface area (Å²) >= 11 is 0. The van der Waals surface area contributed by atoms with E-state index in [-0.39, 0.29) is 31.0 Å². The van der Waals surface area contributed by atoms with Crippen molar-refractivity contribution in [2.45, 2.75) is 49.6 Å². The Kier molecular flexibility index (Phi) is 9.21. The van der Waals surface area contributed by atoms with Crippen molar-refractivity contribution in [3.63, 3.8) is 0 Å². The van der Waals surface area contributed by atoms with Crippen LogP contribution in [0, 0.1) is 5.82 Å². The first-order chi connectivity index (χ1) is 19.2. The maximum Gasteiger partial charge on any atom is 0.333 e. The average molecular weight is 568 g/mol. The summed E-state index contributed by atoms with van der Waals surface area (Å²) in [5.74, 6) is -1.13. The predicted molar refractivity (Wildman–Crippen MR) is 145 cm³/mol. The highest BCUT2D eigenvalue weighted by Gasteiger charge is 2.51. The second-order valence-corrected chi connectivity index (χ2v) is 11.0. The third-order valence-electron chi connectivity index (χ3n) is 6.51. The number of esters is 2. The van der Waals surface area contributed by atoms with Gasteiger partial charge < -0.3 is 14.2 Å². The van der Waals surface area contributed by atoms with Crippen LogP contribution in [0.3, 0.4) is 0 Å². The molecule has 0 bridgehead atoms. The van der Waals surface area contributed by atoms with Gasteiger partial charge in [-0.3, -0.25) is 4.31 Å². The zero-order valence-corrected chi connectivity index (χ0v) is 22.8. The van der Waals surface area contributed by atoms with E-state index in [0.717, 1.165) is 22.1 Å². The molecule has 3 aromatic rings. The van der Waals surface area contributed by atoms with E-state index < -0.39 is 33.3 Å². The van der Waals surface area contributed by atoms with Crippen molar-refractivity contribution in [3.8, 4) is 11.5 Å². The monoisotopic (exact) mass is 567 g/mol. The van der Waals surface area contributed by atoms with Crippen molar-refractivity contribution >= 4 is 22.0 Å². The van der Waals surface area contributed by atoms with Gasteiger partial charge in [-0.25, -0.2) is 22.4 Å². The second-order valence-electron chi connectivity index (χ2n) is 9.20. The Balaban J connectivity index is 1.65. The maximum absolute atomic E-state index is 14.0. The minimum absolute atomic E-state index is 0.0215. The molecule has 3 aromatic carbocycles. The molecule has 1 saturated carbocycles. The van der Waals surface area contributed by atoms with E-state index in [1.165, 1.54) is 48.5 Å². The van der Waals surface area contributed by atoms with Crippen LogP contribution < -0.4 is 4.74 Å². The Morgan fingerprint density at radius 1 is 0.900 bits per heavy atom. The second kappa shape index (κ2) is 12.8. The highest BCUT2D eigenvalue weighted by Crippen LogP contribution is 2.40. The molecule has 0 radical (unpaired) electrons. The van der Waals surface area contributed by atoms with Crippen molar-refractivity contribution in [1.82, 2.24) is 4.31 Å². The fraction of sp³-hybridized carbons (Fsp3) is 0.267. The molecule has 0 amide bonds. The molecule has 210 valence electrons. The number of carbonyl (C=O) groups excluding carboxylic acids is 2. The number of hydrogen-bond acceptors (Lipinski definition) is 7. The first kappa shape index (κ1) is 28.8. The van der Waals surface area contributed by atoms with Crippen LogP contribution in [0.25, 0.3) is 0 Å². The number of ether oxygens (including phenoxy) is 3. The van der Waals surface area contributed by atoms with E-state index in [1.807, 2.05) is 18.2 Å². The van der Waals surface area contributed by atoms with Crippen LogP contribution in [0.4, 0.5) is 4.39 Å². The molecule has 10 heteroatoms. The van der Waals surface area contributed by atoms with Gasteiger partial charge in [0.05, 0.1) is 11.5 Å². The molecule has 0 unspecified atom stereocenters. The van der Waals surface area contributed by atoms with Gasteiger partial charge in [-0.15, -0.1) is 0 Å². The molecule has 0 heterocycles. The van der Waals surface area contributed by atoms with Gasteiger partial charge in [0.1, 0.15) is 23.9 Å². The smallest absolute Gasteiger partial charge is 0.333 e. The third-order valence-corrected chi connectivity index (χ3v) is 8.36. The first-order valence-electron chi connectivity index (χ1n) is 12.9. The number of sulfonamides is 1. The van der Waals surface area contributed by atoms with E-state index in [2.05, 4.69) is 0 Å². The first-order valence-corrected chi connectivity index (χ1v) is 14.3. The summed E-state index contributed by atoms with van der Waals surface area (Å²) in [6.45, 7) is 1.72. The van der Waals surface area contributed by atoms with Gasteiger partial charge in [0, 0.05) is 12.3 Å². The van der Waals surface area contributed by atoms with E-state index in [1.54, 1.807) is 19.1 Å². The van der Waals surface area contributed by atoms with E-state index in [9.17, 15) is 22.4 Å². The molecule has 0 aliphatic heterocycles. The Morgan fingerprint density at radius 3 is 2.10 bits per heavy atom. The van der Waals surface area contributed by atoms with Crippen LogP contribution in [-0.4, -0.2) is 36.8 Å². The Labute approximate surface area is 233 Å². The summed E-state index contributed by atoms with van der Waals surface area (Å²) in [5.41, 5.74) is -0.780. The van der Waals surface area contributed by atoms with E-state index in [0.29, 0.717) is 24.3 Å². The van der Waals surface area contributed by atoms with Crippen molar-refractivity contribution in [1.29, 1.82) is 0 Å². The molecule has 40 heavy (non-hydrogen) atoms. The van der Waals surface area contributed by atoms with Gasteiger partial charge in [-0.2, -0.15) is 0 Å². The number of carbonyl (C=O) groups is 2. The average Bonchev–Trinajstić information content (AvgIpc) is 3.45. The van der Waals surface area contributed by atoms with Gasteiger partial charge in [-0.05, 0) is 73.9 Å². The molecule has 4 rings (SSSR count). The molecule has 0 saturated heterocycles. The molecule has 1 aliphatic carbocycles. The number of nitrogens with zero attached hydrogens (tertiary/aromatic N) is 1. The Bertz CT molecular complexity index is 1430. The zero-order valence-electron chi connectivity index (χ0n) is 22.0. The van der Waals surface area contributed by atoms with Gasteiger partial charge in [-0.1, -0.05) is 43.2 Å². The summed E-state index contributed by atoms with van der Waals surface area (Å²) in [6, 6.07) is 20.1. The number of rotatable bonds is 11. The van der Waals surface area contributed by atoms with Gasteiger partial charge >= 0.3 is 11.9 Å². The molecule has 0 N–H and O–H groups in total. The fourth-order valence-corrected chi connectivity index (χ4v) is 6.18. The summed E-state index contributed by atoms with van der Waals surface area (Å²) < 4.78 is 58.4. The topological polar surface area (TPSA) is 99.2 Å².